The molecular weight excluding hydrogens is 431 g/mol. The number of carboxylic acids is 3. The van der Waals surface area contributed by atoms with Crippen LogP contribution in [0, 0.1) is 0 Å². The summed E-state index contributed by atoms with van der Waals surface area (Å²) in [5.74, 6) is -3.56. The van der Waals surface area contributed by atoms with E-state index in [4.69, 9.17) is 0 Å². The molecule has 6 nitrogen and oxygen atoms in total. The van der Waals surface area contributed by atoms with E-state index in [-0.39, 0.29) is 16.7 Å². The van der Waals surface area contributed by atoms with Gasteiger partial charge in [0, 0.05) is 0 Å². The zero-order chi connectivity index (χ0) is 20.6. The summed E-state index contributed by atoms with van der Waals surface area (Å²) in [7, 11) is 0. The Labute approximate surface area is 161 Å². The van der Waals surface area contributed by atoms with Crippen molar-refractivity contribution in [2.45, 2.75) is 20.8 Å². The standard InChI is InChI=1S/C6H5.3C4H6O2.Sn/c1-2-4-6-5-3-1;3*1-3(2)4(5)6;/h1-5H;3*1H2,2H3,(H,5,6);/q;;;;+3/p-3. The topological polar surface area (TPSA) is 120 Å². The Morgan fingerprint density at radius 1 is 0.720 bits per heavy atom. The van der Waals surface area contributed by atoms with Crippen molar-refractivity contribution in [3.05, 3.63) is 66.8 Å². The van der Waals surface area contributed by atoms with Gasteiger partial charge in [0.1, 0.15) is 0 Å². The normalized spacial score (nSPS) is 7.88. The Morgan fingerprint density at radius 3 is 1.00 bits per heavy atom. The molecule has 0 amide bonds. The van der Waals surface area contributed by atoms with Crippen molar-refractivity contribution in [2.75, 3.05) is 0 Å². The second-order valence-electron chi connectivity index (χ2n) is 4.57. The van der Waals surface area contributed by atoms with Gasteiger partial charge in [-0.15, -0.1) is 0 Å². The first kappa shape index (κ1) is 27.5. The maximum atomic E-state index is 9.49. The zero-order valence-corrected chi connectivity index (χ0v) is 17.3. The average Bonchev–Trinajstić information content (AvgIpc) is 2.49. The first-order chi connectivity index (χ1) is 11.3. The number of rotatable bonds is 3. The molecule has 0 saturated carbocycles. The van der Waals surface area contributed by atoms with Crippen LogP contribution in [0.25, 0.3) is 0 Å². The fraction of sp³-hybridized carbons (Fsp3) is 0.167. The van der Waals surface area contributed by atoms with Crippen LogP contribution in [0.15, 0.2) is 66.8 Å². The molecule has 0 aromatic heterocycles. The third kappa shape index (κ3) is 26.8. The summed E-state index contributed by atoms with van der Waals surface area (Å²) in [6, 6.07) is 10.4. The van der Waals surface area contributed by atoms with E-state index in [1.54, 1.807) is 0 Å². The summed E-state index contributed by atoms with van der Waals surface area (Å²) >= 11 is 1.49. The van der Waals surface area contributed by atoms with E-state index in [2.05, 4.69) is 44.0 Å². The molecule has 25 heavy (non-hydrogen) atoms. The van der Waals surface area contributed by atoms with Crippen LogP contribution in [0.1, 0.15) is 20.8 Å². The molecule has 0 unspecified atom stereocenters. The van der Waals surface area contributed by atoms with Crippen LogP contribution in [0.4, 0.5) is 0 Å². The van der Waals surface area contributed by atoms with Crippen LogP contribution in [0.2, 0.25) is 0 Å². The summed E-state index contributed by atoms with van der Waals surface area (Å²) in [5, 5.41) is 28.5. The molecular formula is C18H20O6Sn. The summed E-state index contributed by atoms with van der Waals surface area (Å²) in [4.78, 5) is 28.5. The molecule has 0 aliphatic carbocycles. The summed E-state index contributed by atoms with van der Waals surface area (Å²) in [6.45, 7) is 13.4. The quantitative estimate of drug-likeness (QED) is 0.404. The van der Waals surface area contributed by atoms with Gasteiger partial charge in [0.25, 0.3) is 0 Å². The third-order valence-electron chi connectivity index (χ3n) is 1.82. The predicted molar refractivity (Wildman–Crippen MR) is 91.3 cm³/mol. The van der Waals surface area contributed by atoms with Crippen LogP contribution in [-0.2, 0) is 14.4 Å². The molecule has 0 aliphatic heterocycles. The summed E-state index contributed by atoms with van der Waals surface area (Å²) < 4.78 is 1.41. The van der Waals surface area contributed by atoms with Gasteiger partial charge in [-0.1, -0.05) is 19.7 Å². The van der Waals surface area contributed by atoms with Crippen LogP contribution < -0.4 is 18.9 Å². The van der Waals surface area contributed by atoms with Crippen LogP contribution in [0.5, 0.6) is 0 Å². The second-order valence-corrected chi connectivity index (χ2v) is 6.22. The Hall–Kier alpha value is -2.35. The van der Waals surface area contributed by atoms with E-state index in [1.807, 2.05) is 6.07 Å². The minimum atomic E-state index is -1.19. The molecule has 0 N–H and O–H groups in total. The van der Waals surface area contributed by atoms with E-state index in [9.17, 15) is 29.7 Å². The Bertz CT molecular complexity index is 512. The number of carbonyl (C=O) groups is 3. The first-order valence-electron chi connectivity index (χ1n) is 6.70. The molecule has 0 saturated heterocycles. The fourth-order valence-corrected chi connectivity index (χ4v) is 0.987. The molecule has 0 heterocycles. The number of hydrogen-bond acceptors (Lipinski definition) is 6. The number of aliphatic carboxylic acids is 3. The number of carboxylic acid groups (broad SMARTS) is 3. The van der Waals surface area contributed by atoms with Crippen LogP contribution >= 0.6 is 0 Å². The van der Waals surface area contributed by atoms with Gasteiger partial charge in [-0.05, 0) is 37.5 Å². The first-order valence-corrected chi connectivity index (χ1v) is 8.12. The van der Waals surface area contributed by atoms with Crippen molar-refractivity contribution in [3.8, 4) is 0 Å². The van der Waals surface area contributed by atoms with Crippen molar-refractivity contribution in [1.29, 1.82) is 0 Å². The molecule has 0 spiro atoms. The van der Waals surface area contributed by atoms with Gasteiger partial charge in [0.2, 0.25) is 0 Å². The Balaban J connectivity index is -0.000000259. The van der Waals surface area contributed by atoms with Gasteiger partial charge in [0.15, 0.2) is 0 Å². The average molecular weight is 451 g/mol. The van der Waals surface area contributed by atoms with Crippen molar-refractivity contribution in [2.24, 2.45) is 0 Å². The number of benzene rings is 1. The van der Waals surface area contributed by atoms with Crippen molar-refractivity contribution in [3.63, 3.8) is 0 Å². The van der Waals surface area contributed by atoms with E-state index in [0.29, 0.717) is 0 Å². The number of hydrogen-bond donors (Lipinski definition) is 0. The van der Waals surface area contributed by atoms with Gasteiger partial charge >= 0.3 is 56.4 Å². The van der Waals surface area contributed by atoms with Crippen molar-refractivity contribution in [1.82, 2.24) is 0 Å². The van der Waals surface area contributed by atoms with Gasteiger partial charge in [-0.25, -0.2) is 0 Å². The molecule has 132 valence electrons. The fourth-order valence-electron chi connectivity index (χ4n) is 0.438. The monoisotopic (exact) mass is 452 g/mol. The number of carbonyl (C=O) groups excluding carboxylic acids is 3. The Morgan fingerprint density at radius 2 is 0.920 bits per heavy atom. The molecule has 0 atom stereocenters. The van der Waals surface area contributed by atoms with Crippen LogP contribution in [-0.4, -0.2) is 40.4 Å². The van der Waals surface area contributed by atoms with E-state index >= 15 is 0 Å². The SMILES string of the molecule is C=C(C)C(=O)[O-].C=C(C)C(=O)[O-].C=C(C)C(=O)[O-].[Sn+3][c]1ccccc1. The van der Waals surface area contributed by atoms with Gasteiger partial charge in [-0.3, -0.25) is 0 Å². The molecule has 0 bridgehead atoms. The summed E-state index contributed by atoms with van der Waals surface area (Å²) in [6.07, 6.45) is 0. The third-order valence-corrected chi connectivity index (χ3v) is 2.77. The summed E-state index contributed by atoms with van der Waals surface area (Å²) in [5.41, 5.74) is 0.194. The molecule has 1 rings (SSSR count). The van der Waals surface area contributed by atoms with Crippen LogP contribution in [0.3, 0.4) is 0 Å². The van der Waals surface area contributed by atoms with E-state index in [0.717, 1.165) is 0 Å². The predicted octanol–water partition coefficient (Wildman–Crippen LogP) is -1.58. The molecule has 0 fully saturated rings. The minimum absolute atomic E-state index is 0.0648. The van der Waals surface area contributed by atoms with E-state index in [1.165, 1.54) is 46.9 Å². The molecule has 7 heteroatoms. The molecule has 1 aromatic rings. The zero-order valence-electron chi connectivity index (χ0n) is 14.5. The van der Waals surface area contributed by atoms with Crippen molar-refractivity contribution < 1.29 is 29.7 Å². The van der Waals surface area contributed by atoms with E-state index < -0.39 is 17.9 Å². The molecule has 0 radical (unpaired) electrons. The van der Waals surface area contributed by atoms with Gasteiger partial charge < -0.3 is 29.7 Å². The Kier molecular flexibility index (Phi) is 18.2. The molecule has 1 aromatic carbocycles. The van der Waals surface area contributed by atoms with Gasteiger partial charge in [-0.2, -0.15) is 0 Å². The maximum absolute atomic E-state index is 9.49. The molecule has 0 aliphatic rings. The second kappa shape index (κ2) is 16.5. The van der Waals surface area contributed by atoms with Gasteiger partial charge in [0.05, 0.1) is 17.9 Å². The van der Waals surface area contributed by atoms with Crippen molar-refractivity contribution >= 4 is 44.0 Å².